The van der Waals surface area contributed by atoms with E-state index in [0.29, 0.717) is 40.1 Å². The molecular formula is C25H29Cl2N3O3. The lowest BCUT2D eigenvalue weighted by molar-refractivity contribution is -0.134. The molecule has 1 aromatic heterocycles. The van der Waals surface area contributed by atoms with E-state index >= 15 is 0 Å². The first kappa shape index (κ1) is 23.8. The van der Waals surface area contributed by atoms with Gasteiger partial charge in [0.25, 0.3) is 5.91 Å². The maximum absolute atomic E-state index is 13.4. The van der Waals surface area contributed by atoms with Crippen molar-refractivity contribution in [3.63, 3.8) is 0 Å². The zero-order chi connectivity index (χ0) is 24.3. The molecule has 1 aliphatic carbocycles. The number of hydrogen-bond donors (Lipinski definition) is 1. The summed E-state index contributed by atoms with van der Waals surface area (Å²) in [6.07, 6.45) is 2.17. The van der Waals surface area contributed by atoms with Gasteiger partial charge in [-0.15, -0.1) is 0 Å². The van der Waals surface area contributed by atoms with Crippen LogP contribution in [0.15, 0.2) is 24.3 Å². The number of amides is 3. The highest BCUT2D eigenvalue weighted by Gasteiger charge is 2.56. The van der Waals surface area contributed by atoms with Crippen molar-refractivity contribution in [3.05, 3.63) is 51.3 Å². The van der Waals surface area contributed by atoms with Gasteiger partial charge in [-0.2, -0.15) is 0 Å². The number of halogens is 2. The molecule has 1 spiro atoms. The van der Waals surface area contributed by atoms with Crippen molar-refractivity contribution < 1.29 is 14.4 Å². The number of carbonyl (C=O) groups is 3. The van der Waals surface area contributed by atoms with Crippen LogP contribution in [0.5, 0.6) is 0 Å². The highest BCUT2D eigenvalue weighted by atomic mass is 35.5. The fourth-order valence-corrected chi connectivity index (χ4v) is 6.24. The van der Waals surface area contributed by atoms with E-state index < -0.39 is 11.6 Å². The summed E-state index contributed by atoms with van der Waals surface area (Å²) in [6.45, 7) is 9.79. The molecule has 0 radical (unpaired) electrons. The minimum absolute atomic E-state index is 0.0641. The minimum Gasteiger partial charge on any atom is -0.323 e. The van der Waals surface area contributed by atoms with Crippen LogP contribution in [0.25, 0.3) is 5.69 Å². The van der Waals surface area contributed by atoms with Crippen LogP contribution in [-0.4, -0.2) is 39.3 Å². The predicted molar refractivity (Wildman–Crippen MR) is 129 cm³/mol. The lowest BCUT2D eigenvalue weighted by atomic mass is 9.64. The molecule has 0 unspecified atom stereocenters. The van der Waals surface area contributed by atoms with Crippen molar-refractivity contribution in [2.45, 2.75) is 59.4 Å². The topological polar surface area (TPSA) is 71.4 Å². The zero-order valence-corrected chi connectivity index (χ0v) is 21.1. The summed E-state index contributed by atoms with van der Waals surface area (Å²) in [7, 11) is 0. The highest BCUT2D eigenvalue weighted by Crippen LogP contribution is 2.46. The first-order valence-corrected chi connectivity index (χ1v) is 11.9. The average Bonchev–Trinajstić information content (AvgIpc) is 3.10. The Kier molecular flexibility index (Phi) is 5.90. The van der Waals surface area contributed by atoms with Crippen molar-refractivity contribution in [1.29, 1.82) is 0 Å². The van der Waals surface area contributed by atoms with Gasteiger partial charge < -0.3 is 9.88 Å². The number of carbonyl (C=O) groups excluding carboxylic acids is 3. The molecule has 1 aromatic carbocycles. The molecule has 3 amide bonds. The van der Waals surface area contributed by atoms with Crippen LogP contribution in [0.1, 0.15) is 61.8 Å². The van der Waals surface area contributed by atoms with Crippen LogP contribution < -0.4 is 5.32 Å². The summed E-state index contributed by atoms with van der Waals surface area (Å²) in [5.41, 5.74) is 1.82. The lowest BCUT2D eigenvalue weighted by Gasteiger charge is -2.43. The van der Waals surface area contributed by atoms with E-state index in [2.05, 4.69) is 26.1 Å². The SMILES string of the molecule is Cc1cc(C(=O)CN2C(=O)N[C@]3(C[C@H](C)CC(C)(C)C3)C2=O)c(C)n1-c1ccc(Cl)c(Cl)c1. The third kappa shape index (κ3) is 4.19. The van der Waals surface area contributed by atoms with E-state index in [0.717, 1.165) is 22.7 Å². The van der Waals surface area contributed by atoms with Gasteiger partial charge in [-0.25, -0.2) is 4.79 Å². The van der Waals surface area contributed by atoms with Crippen LogP contribution >= 0.6 is 23.2 Å². The van der Waals surface area contributed by atoms with Gasteiger partial charge in [0.1, 0.15) is 5.54 Å². The maximum atomic E-state index is 13.4. The Morgan fingerprint density at radius 3 is 2.45 bits per heavy atom. The summed E-state index contributed by atoms with van der Waals surface area (Å²) in [6, 6.07) is 6.57. The molecule has 0 bridgehead atoms. The standard InChI is InChI=1S/C25H29Cl2N3O3/c1-14-10-24(4,5)13-25(11-14)22(32)29(23(33)28-25)12-21(31)18-8-15(2)30(16(18)3)17-6-7-19(26)20(27)9-17/h6-9,14H,10-13H2,1-5H3,(H,28,33)/t14-,25+/m1/s1. The van der Waals surface area contributed by atoms with Gasteiger partial charge in [0.2, 0.25) is 0 Å². The Hall–Kier alpha value is -2.31. The highest BCUT2D eigenvalue weighted by molar-refractivity contribution is 6.42. The second-order valence-corrected chi connectivity index (χ2v) is 11.2. The fraction of sp³-hybridized carbons (Fsp3) is 0.480. The third-order valence-electron chi connectivity index (χ3n) is 6.82. The molecule has 1 saturated carbocycles. The molecule has 176 valence electrons. The van der Waals surface area contributed by atoms with Crippen molar-refractivity contribution in [1.82, 2.24) is 14.8 Å². The maximum Gasteiger partial charge on any atom is 0.325 e. The van der Waals surface area contributed by atoms with Crippen LogP contribution in [0, 0.1) is 25.2 Å². The van der Waals surface area contributed by atoms with Crippen LogP contribution in [0.3, 0.4) is 0 Å². The summed E-state index contributed by atoms with van der Waals surface area (Å²) in [4.78, 5) is 40.5. The lowest BCUT2D eigenvalue weighted by Crippen LogP contribution is -2.54. The molecule has 2 aromatic rings. The Bertz CT molecular complexity index is 1170. The molecule has 2 fully saturated rings. The Labute approximate surface area is 204 Å². The largest absolute Gasteiger partial charge is 0.325 e. The molecule has 2 atom stereocenters. The quantitative estimate of drug-likeness (QED) is 0.440. The van der Waals surface area contributed by atoms with E-state index in [1.165, 1.54) is 0 Å². The average molecular weight is 490 g/mol. The summed E-state index contributed by atoms with van der Waals surface area (Å²) < 4.78 is 1.91. The third-order valence-corrected chi connectivity index (χ3v) is 7.56. The van der Waals surface area contributed by atoms with Gasteiger partial charge in [-0.1, -0.05) is 44.0 Å². The predicted octanol–water partition coefficient (Wildman–Crippen LogP) is 5.72. The molecule has 2 aliphatic rings. The van der Waals surface area contributed by atoms with E-state index in [9.17, 15) is 14.4 Å². The van der Waals surface area contributed by atoms with Gasteiger partial charge >= 0.3 is 6.03 Å². The summed E-state index contributed by atoms with van der Waals surface area (Å²) in [5, 5.41) is 3.80. The number of ketones is 1. The zero-order valence-electron chi connectivity index (χ0n) is 19.6. The molecule has 33 heavy (non-hydrogen) atoms. The smallest absolute Gasteiger partial charge is 0.323 e. The number of aryl methyl sites for hydroxylation is 1. The first-order valence-electron chi connectivity index (χ1n) is 11.2. The van der Waals surface area contributed by atoms with Crippen molar-refractivity contribution in [2.24, 2.45) is 11.3 Å². The monoisotopic (exact) mass is 489 g/mol. The summed E-state index contributed by atoms with van der Waals surface area (Å²) >= 11 is 12.2. The number of nitrogens with zero attached hydrogens (tertiary/aromatic N) is 2. The molecule has 1 N–H and O–H groups in total. The Morgan fingerprint density at radius 1 is 1.12 bits per heavy atom. The number of rotatable bonds is 4. The van der Waals surface area contributed by atoms with Gasteiger partial charge in [0.15, 0.2) is 5.78 Å². The molecule has 4 rings (SSSR count). The second kappa shape index (κ2) is 8.17. The Morgan fingerprint density at radius 2 is 1.82 bits per heavy atom. The van der Waals surface area contributed by atoms with E-state index in [1.807, 2.05) is 24.5 Å². The van der Waals surface area contributed by atoms with Crippen LogP contribution in [0.2, 0.25) is 10.0 Å². The number of hydrogen-bond acceptors (Lipinski definition) is 3. The van der Waals surface area contributed by atoms with Crippen molar-refractivity contribution >= 4 is 40.9 Å². The van der Waals surface area contributed by atoms with Crippen LogP contribution in [0.4, 0.5) is 4.79 Å². The van der Waals surface area contributed by atoms with Gasteiger partial charge in [0.05, 0.1) is 16.6 Å². The fourth-order valence-electron chi connectivity index (χ4n) is 5.94. The van der Waals surface area contributed by atoms with Crippen molar-refractivity contribution in [2.75, 3.05) is 6.54 Å². The Balaban J connectivity index is 1.60. The number of Topliss-reactive ketones (excluding diaryl/α,β-unsaturated/α-hetero) is 1. The van der Waals surface area contributed by atoms with Gasteiger partial charge in [-0.3, -0.25) is 14.5 Å². The van der Waals surface area contributed by atoms with Crippen LogP contribution in [-0.2, 0) is 4.79 Å². The van der Waals surface area contributed by atoms with E-state index in [-0.39, 0.29) is 23.7 Å². The summed E-state index contributed by atoms with van der Waals surface area (Å²) in [5.74, 6) is -0.268. The number of imide groups is 1. The number of urea groups is 1. The van der Waals surface area contributed by atoms with Gasteiger partial charge in [-0.05, 0) is 68.7 Å². The molecule has 2 heterocycles. The molecule has 6 nitrogen and oxygen atoms in total. The molecule has 1 saturated heterocycles. The number of aromatic nitrogens is 1. The molecular weight excluding hydrogens is 461 g/mol. The van der Waals surface area contributed by atoms with Gasteiger partial charge in [0, 0.05) is 22.6 Å². The number of nitrogens with one attached hydrogen (secondary N) is 1. The molecule has 8 heteroatoms. The van der Waals surface area contributed by atoms with Crippen molar-refractivity contribution in [3.8, 4) is 5.69 Å². The van der Waals surface area contributed by atoms with E-state index in [1.54, 1.807) is 18.2 Å². The van der Waals surface area contributed by atoms with E-state index in [4.69, 9.17) is 23.2 Å². The minimum atomic E-state index is -0.921. The first-order chi connectivity index (χ1) is 15.3. The number of benzene rings is 1. The second-order valence-electron chi connectivity index (χ2n) is 10.4. The normalized spacial score (nSPS) is 24.5. The molecule has 1 aliphatic heterocycles.